The van der Waals surface area contributed by atoms with Crippen molar-refractivity contribution in [2.45, 2.75) is 6.42 Å². The van der Waals surface area contributed by atoms with Crippen LogP contribution in [-0.2, 0) is 4.74 Å². The van der Waals surface area contributed by atoms with Crippen molar-refractivity contribution < 1.29 is 9.84 Å². The summed E-state index contributed by atoms with van der Waals surface area (Å²) in [7, 11) is 1.69. The molecule has 0 bridgehead atoms. The Balaban J connectivity index is 3.21. The lowest BCUT2D eigenvalue weighted by atomic mass is 10.1. The van der Waals surface area contributed by atoms with Crippen LogP contribution in [-0.4, -0.2) is 37.4 Å². The van der Waals surface area contributed by atoms with Gasteiger partial charge in [-0.05, 0) is 24.3 Å². The van der Waals surface area contributed by atoms with Gasteiger partial charge in [-0.1, -0.05) is 0 Å². The van der Waals surface area contributed by atoms with Gasteiger partial charge < -0.3 is 9.84 Å². The number of thioether (sulfide) groups is 1. The summed E-state index contributed by atoms with van der Waals surface area (Å²) in [6.45, 7) is 1.04. The summed E-state index contributed by atoms with van der Waals surface area (Å²) in [4.78, 5) is 0. The molecule has 0 aliphatic carbocycles. The Hall–Kier alpha value is 0.270. The molecule has 62 valence electrons. The maximum absolute atomic E-state index is 8.81. The molecule has 0 aromatic rings. The van der Waals surface area contributed by atoms with E-state index in [2.05, 4.69) is 6.26 Å². The molecule has 0 saturated heterocycles. The number of rotatable bonds is 6. The van der Waals surface area contributed by atoms with Gasteiger partial charge in [-0.25, -0.2) is 0 Å². The standard InChI is InChI=1S/C7H16O2S/c1-9-4-3-7(5-8)6-10-2/h7-8H,3-6H2,1-2H3. The number of hydrogen-bond acceptors (Lipinski definition) is 3. The Morgan fingerprint density at radius 3 is 2.70 bits per heavy atom. The lowest BCUT2D eigenvalue weighted by molar-refractivity contribution is 0.156. The van der Waals surface area contributed by atoms with E-state index in [1.54, 1.807) is 18.9 Å². The van der Waals surface area contributed by atoms with Gasteiger partial charge in [0, 0.05) is 20.3 Å². The molecule has 1 N–H and O–H groups in total. The van der Waals surface area contributed by atoms with E-state index in [4.69, 9.17) is 9.84 Å². The molecule has 1 unspecified atom stereocenters. The van der Waals surface area contributed by atoms with Crippen molar-refractivity contribution in [1.29, 1.82) is 0 Å². The Morgan fingerprint density at radius 2 is 2.30 bits per heavy atom. The molecule has 1 atom stereocenters. The quantitative estimate of drug-likeness (QED) is 0.635. The Bertz CT molecular complexity index is 68.6. The third-order valence-corrected chi connectivity index (χ3v) is 2.20. The first-order valence-corrected chi connectivity index (χ1v) is 4.83. The predicted molar refractivity (Wildman–Crippen MR) is 45.5 cm³/mol. The molecule has 0 saturated carbocycles. The fourth-order valence-electron chi connectivity index (χ4n) is 0.748. The average molecular weight is 164 g/mol. The van der Waals surface area contributed by atoms with E-state index in [-0.39, 0.29) is 6.61 Å². The smallest absolute Gasteiger partial charge is 0.0468 e. The summed E-state index contributed by atoms with van der Waals surface area (Å²) in [5, 5.41) is 8.81. The zero-order valence-electron chi connectivity index (χ0n) is 6.67. The summed E-state index contributed by atoms with van der Waals surface area (Å²) in [5.74, 6) is 1.44. The topological polar surface area (TPSA) is 29.5 Å². The molecule has 0 fully saturated rings. The highest BCUT2D eigenvalue weighted by molar-refractivity contribution is 7.98. The Morgan fingerprint density at radius 1 is 1.60 bits per heavy atom. The minimum absolute atomic E-state index is 0.282. The van der Waals surface area contributed by atoms with Crippen molar-refractivity contribution in [3.8, 4) is 0 Å². The highest BCUT2D eigenvalue weighted by Gasteiger charge is 2.04. The number of methoxy groups -OCH3 is 1. The number of ether oxygens (including phenoxy) is 1. The van der Waals surface area contributed by atoms with Crippen LogP contribution in [0.4, 0.5) is 0 Å². The van der Waals surface area contributed by atoms with Crippen molar-refractivity contribution in [1.82, 2.24) is 0 Å². The van der Waals surface area contributed by atoms with Crippen LogP contribution in [0.2, 0.25) is 0 Å². The van der Waals surface area contributed by atoms with Gasteiger partial charge in [0.25, 0.3) is 0 Å². The molecule has 0 spiro atoms. The van der Waals surface area contributed by atoms with E-state index in [1.807, 2.05) is 0 Å². The van der Waals surface area contributed by atoms with Crippen molar-refractivity contribution in [2.75, 3.05) is 32.3 Å². The third-order valence-electron chi connectivity index (χ3n) is 1.39. The molecule has 3 heteroatoms. The molecule has 0 aliphatic heterocycles. The van der Waals surface area contributed by atoms with Gasteiger partial charge in [-0.15, -0.1) is 0 Å². The third kappa shape index (κ3) is 5.09. The van der Waals surface area contributed by atoms with Gasteiger partial charge >= 0.3 is 0 Å². The van der Waals surface area contributed by atoms with E-state index in [9.17, 15) is 0 Å². The maximum Gasteiger partial charge on any atom is 0.0468 e. The fourth-order valence-corrected chi connectivity index (χ4v) is 1.49. The van der Waals surface area contributed by atoms with E-state index in [0.29, 0.717) is 5.92 Å². The number of aliphatic hydroxyl groups excluding tert-OH is 1. The Kier molecular flexibility index (Phi) is 7.58. The molecule has 0 aromatic heterocycles. The summed E-state index contributed by atoms with van der Waals surface area (Å²) >= 11 is 1.77. The van der Waals surface area contributed by atoms with Crippen LogP contribution in [0, 0.1) is 5.92 Å². The van der Waals surface area contributed by atoms with Crippen molar-refractivity contribution >= 4 is 11.8 Å². The lowest BCUT2D eigenvalue weighted by Crippen LogP contribution is -2.11. The lowest BCUT2D eigenvalue weighted by Gasteiger charge is -2.10. The van der Waals surface area contributed by atoms with Crippen LogP contribution in [0.3, 0.4) is 0 Å². The normalized spacial score (nSPS) is 13.5. The first kappa shape index (κ1) is 10.3. The summed E-state index contributed by atoms with van der Waals surface area (Å²) in [6.07, 6.45) is 3.02. The molecule has 0 rings (SSSR count). The molecule has 0 heterocycles. The summed E-state index contributed by atoms with van der Waals surface area (Å²) < 4.78 is 4.90. The fraction of sp³-hybridized carbons (Fsp3) is 1.00. The van der Waals surface area contributed by atoms with E-state index < -0.39 is 0 Å². The van der Waals surface area contributed by atoms with Gasteiger partial charge in [0.2, 0.25) is 0 Å². The summed E-state index contributed by atoms with van der Waals surface area (Å²) in [6, 6.07) is 0. The monoisotopic (exact) mass is 164 g/mol. The van der Waals surface area contributed by atoms with Gasteiger partial charge in [-0.3, -0.25) is 0 Å². The van der Waals surface area contributed by atoms with Crippen LogP contribution >= 0.6 is 11.8 Å². The summed E-state index contributed by atoms with van der Waals surface area (Å²) in [5.41, 5.74) is 0. The van der Waals surface area contributed by atoms with Gasteiger partial charge in [0.05, 0.1) is 0 Å². The first-order chi connectivity index (χ1) is 4.85. The molecular formula is C7H16O2S. The predicted octanol–water partition coefficient (Wildman–Crippen LogP) is 0.994. The average Bonchev–Trinajstić information content (AvgIpc) is 1.98. The van der Waals surface area contributed by atoms with Crippen LogP contribution in [0.5, 0.6) is 0 Å². The first-order valence-electron chi connectivity index (χ1n) is 3.43. The van der Waals surface area contributed by atoms with Gasteiger partial charge in [0.15, 0.2) is 0 Å². The molecular weight excluding hydrogens is 148 g/mol. The van der Waals surface area contributed by atoms with Crippen LogP contribution in [0.25, 0.3) is 0 Å². The molecule has 10 heavy (non-hydrogen) atoms. The van der Waals surface area contributed by atoms with E-state index >= 15 is 0 Å². The van der Waals surface area contributed by atoms with Crippen LogP contribution in [0.15, 0.2) is 0 Å². The molecule has 0 amide bonds. The number of hydrogen-bond donors (Lipinski definition) is 1. The zero-order valence-corrected chi connectivity index (χ0v) is 7.49. The number of aliphatic hydroxyl groups is 1. The molecule has 0 aliphatic rings. The van der Waals surface area contributed by atoms with E-state index in [0.717, 1.165) is 18.8 Å². The highest BCUT2D eigenvalue weighted by Crippen LogP contribution is 2.08. The van der Waals surface area contributed by atoms with Crippen LogP contribution < -0.4 is 0 Å². The molecule has 2 nitrogen and oxygen atoms in total. The van der Waals surface area contributed by atoms with Crippen molar-refractivity contribution in [3.05, 3.63) is 0 Å². The second-order valence-corrected chi connectivity index (χ2v) is 3.20. The highest BCUT2D eigenvalue weighted by atomic mass is 32.2. The zero-order chi connectivity index (χ0) is 7.82. The van der Waals surface area contributed by atoms with Crippen LogP contribution in [0.1, 0.15) is 6.42 Å². The SMILES string of the molecule is COCCC(CO)CSC. The van der Waals surface area contributed by atoms with Gasteiger partial charge in [0.1, 0.15) is 0 Å². The van der Waals surface area contributed by atoms with Crippen molar-refractivity contribution in [3.63, 3.8) is 0 Å². The molecule has 0 aromatic carbocycles. The second-order valence-electron chi connectivity index (χ2n) is 2.29. The maximum atomic E-state index is 8.81. The minimum atomic E-state index is 0.282. The van der Waals surface area contributed by atoms with Gasteiger partial charge in [-0.2, -0.15) is 11.8 Å². The van der Waals surface area contributed by atoms with E-state index in [1.165, 1.54) is 0 Å². The minimum Gasteiger partial charge on any atom is -0.396 e. The molecule has 0 radical (unpaired) electrons. The van der Waals surface area contributed by atoms with Crippen molar-refractivity contribution in [2.24, 2.45) is 5.92 Å². The largest absolute Gasteiger partial charge is 0.396 e. The Labute approximate surface area is 67.0 Å². The second kappa shape index (κ2) is 7.38.